The zero-order chi connectivity index (χ0) is 21.7. The van der Waals surface area contributed by atoms with Gasteiger partial charge in [-0.15, -0.1) is 0 Å². The first kappa shape index (κ1) is 21.0. The lowest BCUT2D eigenvalue weighted by Gasteiger charge is -2.07. The number of rotatable bonds is 9. The number of benzene rings is 1. The van der Waals surface area contributed by atoms with E-state index in [4.69, 9.17) is 0 Å². The standard InChI is InChI=1S/C19H23N7O4/c1-3-4-5-6-11-25-15-16(24(2)19(28)22-17(15)27)21-18(25)23-20-12-13-7-9-14(10-8-13)26(29)30/h7-10,12H,3-6,11H2,1-2H3,(H,21,23)(H,22,27,28)/b20-12+. The third-order valence-corrected chi connectivity index (χ3v) is 4.72. The first-order valence-corrected chi connectivity index (χ1v) is 9.65. The Morgan fingerprint density at radius 2 is 1.97 bits per heavy atom. The normalized spacial score (nSPS) is 11.4. The Morgan fingerprint density at radius 3 is 2.63 bits per heavy atom. The lowest BCUT2D eigenvalue weighted by molar-refractivity contribution is -0.384. The summed E-state index contributed by atoms with van der Waals surface area (Å²) in [6.45, 7) is 2.67. The number of non-ortho nitro benzene ring substituents is 1. The van der Waals surface area contributed by atoms with E-state index in [0.29, 0.717) is 23.6 Å². The fourth-order valence-electron chi connectivity index (χ4n) is 3.08. The van der Waals surface area contributed by atoms with Gasteiger partial charge in [0.05, 0.1) is 11.1 Å². The van der Waals surface area contributed by atoms with Crippen LogP contribution in [-0.2, 0) is 13.6 Å². The topological polar surface area (TPSA) is 140 Å². The van der Waals surface area contributed by atoms with E-state index in [0.717, 1.165) is 25.7 Å². The molecule has 11 heteroatoms. The zero-order valence-electron chi connectivity index (χ0n) is 16.8. The molecule has 0 amide bonds. The number of nitrogens with one attached hydrogen (secondary N) is 2. The van der Waals surface area contributed by atoms with Gasteiger partial charge in [0.15, 0.2) is 11.2 Å². The van der Waals surface area contributed by atoms with Crippen LogP contribution in [0.3, 0.4) is 0 Å². The van der Waals surface area contributed by atoms with Crippen molar-refractivity contribution in [1.82, 2.24) is 19.1 Å². The molecule has 2 N–H and O–H groups in total. The molecular formula is C19H23N7O4. The minimum absolute atomic E-state index is 0.00544. The number of aromatic amines is 1. The van der Waals surface area contributed by atoms with Crippen molar-refractivity contribution in [3.63, 3.8) is 0 Å². The molecule has 0 saturated heterocycles. The summed E-state index contributed by atoms with van der Waals surface area (Å²) < 4.78 is 3.00. The number of imidazole rings is 1. The molecular weight excluding hydrogens is 390 g/mol. The first-order chi connectivity index (χ1) is 14.4. The van der Waals surface area contributed by atoms with E-state index < -0.39 is 16.2 Å². The number of aromatic nitrogens is 4. The molecule has 0 spiro atoms. The number of hydrazone groups is 1. The Labute approximate surface area is 171 Å². The largest absolute Gasteiger partial charge is 0.329 e. The summed E-state index contributed by atoms with van der Waals surface area (Å²) in [4.78, 5) is 41.3. The third-order valence-electron chi connectivity index (χ3n) is 4.72. The molecule has 2 aromatic heterocycles. The van der Waals surface area contributed by atoms with Gasteiger partial charge in [-0.05, 0) is 24.1 Å². The highest BCUT2D eigenvalue weighted by Gasteiger charge is 2.16. The van der Waals surface area contributed by atoms with E-state index in [-0.39, 0.29) is 11.3 Å². The zero-order valence-corrected chi connectivity index (χ0v) is 16.8. The molecule has 0 atom stereocenters. The van der Waals surface area contributed by atoms with Crippen molar-refractivity contribution in [1.29, 1.82) is 0 Å². The fraction of sp³-hybridized carbons (Fsp3) is 0.368. The lowest BCUT2D eigenvalue weighted by atomic mass is 10.2. The molecule has 3 rings (SSSR count). The van der Waals surface area contributed by atoms with Crippen molar-refractivity contribution in [3.8, 4) is 0 Å². The second kappa shape index (κ2) is 9.16. The van der Waals surface area contributed by atoms with Crippen LogP contribution in [0.5, 0.6) is 0 Å². The minimum atomic E-state index is -0.538. The van der Waals surface area contributed by atoms with Crippen molar-refractivity contribution in [2.75, 3.05) is 5.43 Å². The van der Waals surface area contributed by atoms with Crippen LogP contribution in [0.1, 0.15) is 38.2 Å². The van der Waals surface area contributed by atoms with Gasteiger partial charge < -0.3 is 4.57 Å². The van der Waals surface area contributed by atoms with Gasteiger partial charge in [0.1, 0.15) is 0 Å². The van der Waals surface area contributed by atoms with E-state index in [1.54, 1.807) is 23.7 Å². The van der Waals surface area contributed by atoms with E-state index in [9.17, 15) is 19.7 Å². The number of nitro groups is 1. The average Bonchev–Trinajstić information content (AvgIpc) is 3.09. The van der Waals surface area contributed by atoms with Crippen LogP contribution in [0.4, 0.5) is 11.6 Å². The molecule has 0 aliphatic heterocycles. The second-order valence-corrected chi connectivity index (χ2v) is 6.86. The van der Waals surface area contributed by atoms with Crippen molar-refractivity contribution in [3.05, 3.63) is 60.8 Å². The number of fused-ring (bicyclic) bond motifs is 1. The van der Waals surface area contributed by atoms with Gasteiger partial charge >= 0.3 is 5.69 Å². The minimum Gasteiger partial charge on any atom is -0.303 e. The highest BCUT2D eigenvalue weighted by Crippen LogP contribution is 2.17. The summed E-state index contributed by atoms with van der Waals surface area (Å²) in [6.07, 6.45) is 5.52. The summed E-state index contributed by atoms with van der Waals surface area (Å²) in [5.74, 6) is 0.339. The maximum atomic E-state index is 12.4. The molecule has 3 aromatic rings. The Hall–Kier alpha value is -3.76. The van der Waals surface area contributed by atoms with Crippen molar-refractivity contribution in [2.45, 2.75) is 39.2 Å². The molecule has 0 unspecified atom stereocenters. The van der Waals surface area contributed by atoms with Crippen LogP contribution in [-0.4, -0.2) is 30.2 Å². The summed E-state index contributed by atoms with van der Waals surface area (Å²) in [6, 6.07) is 5.93. The summed E-state index contributed by atoms with van der Waals surface area (Å²) in [5, 5.41) is 14.9. The summed E-state index contributed by atoms with van der Waals surface area (Å²) >= 11 is 0. The van der Waals surface area contributed by atoms with E-state index in [1.807, 2.05) is 0 Å². The Morgan fingerprint density at radius 1 is 1.23 bits per heavy atom. The Kier molecular flexibility index (Phi) is 6.40. The van der Waals surface area contributed by atoms with Gasteiger partial charge in [0.25, 0.3) is 11.2 Å². The third kappa shape index (κ3) is 4.45. The van der Waals surface area contributed by atoms with Crippen LogP contribution in [0.25, 0.3) is 11.2 Å². The number of aryl methyl sites for hydroxylation is 2. The predicted molar refractivity (Wildman–Crippen MR) is 114 cm³/mol. The molecule has 158 valence electrons. The monoisotopic (exact) mass is 413 g/mol. The highest BCUT2D eigenvalue weighted by molar-refractivity contribution is 5.81. The second-order valence-electron chi connectivity index (χ2n) is 6.86. The molecule has 1 aromatic carbocycles. The predicted octanol–water partition coefficient (Wildman–Crippen LogP) is 2.36. The van der Waals surface area contributed by atoms with Crippen molar-refractivity contribution in [2.24, 2.45) is 12.1 Å². The smallest absolute Gasteiger partial charge is 0.303 e. The molecule has 0 bridgehead atoms. The van der Waals surface area contributed by atoms with E-state index in [1.165, 1.54) is 22.9 Å². The Balaban J connectivity index is 1.90. The number of anilines is 1. The molecule has 0 saturated carbocycles. The number of H-pyrrole nitrogens is 1. The first-order valence-electron chi connectivity index (χ1n) is 9.65. The van der Waals surface area contributed by atoms with Crippen LogP contribution in [0.2, 0.25) is 0 Å². The quantitative estimate of drug-likeness (QED) is 0.239. The van der Waals surface area contributed by atoms with Crippen molar-refractivity contribution >= 4 is 29.0 Å². The fourth-order valence-corrected chi connectivity index (χ4v) is 3.08. The van der Waals surface area contributed by atoms with Gasteiger partial charge in [-0.1, -0.05) is 26.2 Å². The van der Waals surface area contributed by atoms with Crippen LogP contribution < -0.4 is 16.7 Å². The number of unbranched alkanes of at least 4 members (excludes halogenated alkanes) is 3. The average molecular weight is 413 g/mol. The Bertz CT molecular complexity index is 1190. The van der Waals surface area contributed by atoms with Crippen molar-refractivity contribution < 1.29 is 4.92 Å². The summed E-state index contributed by atoms with van der Waals surface area (Å²) in [5.41, 5.74) is 3.02. The maximum absolute atomic E-state index is 12.4. The van der Waals surface area contributed by atoms with Crippen LogP contribution in [0.15, 0.2) is 39.0 Å². The van der Waals surface area contributed by atoms with Gasteiger partial charge in [0.2, 0.25) is 5.95 Å². The maximum Gasteiger partial charge on any atom is 0.329 e. The molecule has 0 aliphatic rings. The lowest BCUT2D eigenvalue weighted by Crippen LogP contribution is -2.29. The van der Waals surface area contributed by atoms with Gasteiger partial charge in [-0.2, -0.15) is 10.1 Å². The van der Waals surface area contributed by atoms with Crippen LogP contribution in [0, 0.1) is 10.1 Å². The number of hydrogen-bond acceptors (Lipinski definition) is 7. The number of nitrogens with zero attached hydrogens (tertiary/aromatic N) is 5. The SMILES string of the molecule is CCCCCCn1c(N/N=C/c2ccc([N+](=O)[O-])cc2)nc2c1c(=O)[nH]c(=O)n2C. The molecule has 0 fully saturated rings. The highest BCUT2D eigenvalue weighted by atomic mass is 16.6. The van der Waals surface area contributed by atoms with Gasteiger partial charge in [0, 0.05) is 25.7 Å². The molecule has 30 heavy (non-hydrogen) atoms. The number of nitro benzene ring substituents is 1. The van der Waals surface area contributed by atoms with Gasteiger partial charge in [-0.25, -0.2) is 10.2 Å². The molecule has 0 aliphatic carbocycles. The van der Waals surface area contributed by atoms with E-state index in [2.05, 4.69) is 27.4 Å². The number of hydrogen-bond donors (Lipinski definition) is 2. The van der Waals surface area contributed by atoms with E-state index >= 15 is 0 Å². The van der Waals surface area contributed by atoms with Gasteiger partial charge in [-0.3, -0.25) is 24.5 Å². The summed E-state index contributed by atoms with van der Waals surface area (Å²) in [7, 11) is 1.54. The van der Waals surface area contributed by atoms with Crippen LogP contribution >= 0.6 is 0 Å². The molecule has 2 heterocycles. The molecule has 0 radical (unpaired) electrons. The molecule has 11 nitrogen and oxygen atoms in total.